The number of furan rings is 1. The number of benzene rings is 1. The van der Waals surface area contributed by atoms with Crippen molar-refractivity contribution in [1.29, 1.82) is 0 Å². The molecule has 1 atom stereocenters. The van der Waals surface area contributed by atoms with E-state index < -0.39 is 6.10 Å². The van der Waals surface area contributed by atoms with Gasteiger partial charge in [0.15, 0.2) is 0 Å². The largest absolute Gasteiger partial charge is 0.496 e. The number of hydrogen-bond donors (Lipinski definition) is 1. The van der Waals surface area contributed by atoms with E-state index in [1.807, 2.05) is 39.0 Å². The van der Waals surface area contributed by atoms with E-state index in [4.69, 9.17) is 9.15 Å². The van der Waals surface area contributed by atoms with Gasteiger partial charge >= 0.3 is 0 Å². The molecule has 0 unspecified atom stereocenters. The molecule has 0 aliphatic carbocycles. The van der Waals surface area contributed by atoms with Gasteiger partial charge in [0, 0.05) is 0 Å². The first-order valence-electron chi connectivity index (χ1n) is 5.92. The van der Waals surface area contributed by atoms with E-state index in [9.17, 15) is 5.11 Å². The van der Waals surface area contributed by atoms with E-state index in [-0.39, 0.29) is 0 Å². The first kappa shape index (κ1) is 12.7. The molecule has 0 saturated heterocycles. The molecule has 1 heterocycles. The van der Waals surface area contributed by atoms with Crippen LogP contribution < -0.4 is 4.74 Å². The molecule has 0 amide bonds. The molecule has 0 spiro atoms. The Morgan fingerprint density at radius 1 is 1.11 bits per heavy atom. The van der Waals surface area contributed by atoms with Crippen LogP contribution in [-0.2, 0) is 0 Å². The van der Waals surface area contributed by atoms with Crippen LogP contribution in [0, 0.1) is 20.8 Å². The van der Waals surface area contributed by atoms with Gasteiger partial charge in [0.1, 0.15) is 23.4 Å². The molecule has 1 aromatic carbocycles. The van der Waals surface area contributed by atoms with Crippen LogP contribution >= 0.6 is 0 Å². The Kier molecular flexibility index (Phi) is 3.43. The first-order valence-corrected chi connectivity index (χ1v) is 5.92. The zero-order valence-electron chi connectivity index (χ0n) is 11.2. The highest BCUT2D eigenvalue weighted by molar-refractivity contribution is 5.45. The molecular formula is C15H18O3. The van der Waals surface area contributed by atoms with Crippen molar-refractivity contribution in [3.8, 4) is 5.75 Å². The third-order valence-electron chi connectivity index (χ3n) is 3.03. The van der Waals surface area contributed by atoms with Gasteiger partial charge in [0.2, 0.25) is 0 Å². The van der Waals surface area contributed by atoms with Crippen molar-refractivity contribution in [3.05, 3.63) is 52.5 Å². The van der Waals surface area contributed by atoms with Crippen LogP contribution in [-0.4, -0.2) is 12.2 Å². The molecule has 2 rings (SSSR count). The molecule has 0 bridgehead atoms. The van der Waals surface area contributed by atoms with E-state index in [0.717, 1.165) is 28.2 Å². The van der Waals surface area contributed by atoms with Crippen molar-refractivity contribution >= 4 is 0 Å². The van der Waals surface area contributed by atoms with Crippen LogP contribution in [0.3, 0.4) is 0 Å². The molecule has 1 N–H and O–H groups in total. The summed E-state index contributed by atoms with van der Waals surface area (Å²) in [4.78, 5) is 0. The Morgan fingerprint density at radius 3 is 2.17 bits per heavy atom. The summed E-state index contributed by atoms with van der Waals surface area (Å²) in [5.41, 5.74) is 2.84. The van der Waals surface area contributed by atoms with E-state index >= 15 is 0 Å². The van der Waals surface area contributed by atoms with Crippen LogP contribution in [0.2, 0.25) is 0 Å². The lowest BCUT2D eigenvalue weighted by Crippen LogP contribution is -2.01. The molecule has 96 valence electrons. The lowest BCUT2D eigenvalue weighted by atomic mass is 10.0. The minimum atomic E-state index is -0.734. The van der Waals surface area contributed by atoms with E-state index in [1.165, 1.54) is 0 Å². The predicted octanol–water partition coefficient (Wildman–Crippen LogP) is 3.30. The molecule has 2 aromatic rings. The highest BCUT2D eigenvalue weighted by atomic mass is 16.5. The first-order chi connectivity index (χ1) is 8.52. The number of aliphatic hydroxyl groups is 1. The molecule has 1 aromatic heterocycles. The van der Waals surface area contributed by atoms with E-state index in [0.29, 0.717) is 5.76 Å². The average molecular weight is 246 g/mol. The highest BCUT2D eigenvalue weighted by Crippen LogP contribution is 2.30. The summed E-state index contributed by atoms with van der Waals surface area (Å²) in [6.45, 7) is 5.80. The number of ether oxygens (including phenoxy) is 1. The van der Waals surface area contributed by atoms with Crippen LogP contribution in [0.4, 0.5) is 0 Å². The van der Waals surface area contributed by atoms with Crippen LogP contribution in [0.5, 0.6) is 5.75 Å². The monoisotopic (exact) mass is 246 g/mol. The summed E-state index contributed by atoms with van der Waals surface area (Å²) in [6, 6.07) is 7.50. The second kappa shape index (κ2) is 4.86. The highest BCUT2D eigenvalue weighted by Gasteiger charge is 2.16. The zero-order chi connectivity index (χ0) is 13.3. The topological polar surface area (TPSA) is 42.6 Å². The van der Waals surface area contributed by atoms with Gasteiger partial charge in [-0.3, -0.25) is 0 Å². The van der Waals surface area contributed by atoms with Crippen molar-refractivity contribution in [3.63, 3.8) is 0 Å². The fourth-order valence-corrected chi connectivity index (χ4v) is 2.23. The summed E-state index contributed by atoms with van der Waals surface area (Å²) in [5, 5.41) is 10.3. The Morgan fingerprint density at radius 2 is 1.72 bits per heavy atom. The molecule has 0 saturated carbocycles. The Balaban J connectivity index is 2.40. The number of rotatable bonds is 3. The second-order valence-electron chi connectivity index (χ2n) is 4.54. The van der Waals surface area contributed by atoms with Gasteiger partial charge in [-0.05, 0) is 61.7 Å². The quantitative estimate of drug-likeness (QED) is 0.903. The van der Waals surface area contributed by atoms with Crippen molar-refractivity contribution in [1.82, 2.24) is 0 Å². The summed E-state index contributed by atoms with van der Waals surface area (Å²) < 4.78 is 10.8. The number of aliphatic hydroxyl groups excluding tert-OH is 1. The number of aryl methyl sites for hydroxylation is 3. The number of methoxy groups -OCH3 is 1. The summed E-state index contributed by atoms with van der Waals surface area (Å²) >= 11 is 0. The van der Waals surface area contributed by atoms with Crippen LogP contribution in [0.1, 0.15) is 34.3 Å². The van der Waals surface area contributed by atoms with Crippen molar-refractivity contribution in [2.24, 2.45) is 0 Å². The zero-order valence-corrected chi connectivity index (χ0v) is 11.2. The predicted molar refractivity (Wildman–Crippen MR) is 70.0 cm³/mol. The van der Waals surface area contributed by atoms with Crippen molar-refractivity contribution in [2.45, 2.75) is 26.9 Å². The molecule has 3 nitrogen and oxygen atoms in total. The van der Waals surface area contributed by atoms with E-state index in [2.05, 4.69) is 0 Å². The van der Waals surface area contributed by atoms with Crippen LogP contribution in [0.15, 0.2) is 28.7 Å². The second-order valence-corrected chi connectivity index (χ2v) is 4.54. The molecule has 18 heavy (non-hydrogen) atoms. The fourth-order valence-electron chi connectivity index (χ4n) is 2.23. The maximum atomic E-state index is 10.3. The SMILES string of the molecule is COc1c(C)cc([C@H](O)c2ccc(C)o2)cc1C. The third kappa shape index (κ3) is 2.27. The van der Waals surface area contributed by atoms with Gasteiger partial charge in [-0.2, -0.15) is 0 Å². The maximum absolute atomic E-state index is 10.3. The Labute approximate surface area is 107 Å². The Hall–Kier alpha value is -1.74. The van der Waals surface area contributed by atoms with Crippen molar-refractivity contribution < 1.29 is 14.3 Å². The molecule has 0 aliphatic rings. The van der Waals surface area contributed by atoms with Crippen LogP contribution in [0.25, 0.3) is 0 Å². The van der Waals surface area contributed by atoms with Gasteiger partial charge in [0.25, 0.3) is 0 Å². The minimum absolute atomic E-state index is 0.566. The summed E-state index contributed by atoms with van der Waals surface area (Å²) in [5.74, 6) is 2.23. The molecule has 3 heteroatoms. The smallest absolute Gasteiger partial charge is 0.137 e. The normalized spacial score (nSPS) is 12.5. The van der Waals surface area contributed by atoms with Crippen molar-refractivity contribution in [2.75, 3.05) is 7.11 Å². The van der Waals surface area contributed by atoms with Gasteiger partial charge < -0.3 is 14.3 Å². The Bertz CT molecular complexity index is 532. The maximum Gasteiger partial charge on any atom is 0.137 e. The van der Waals surface area contributed by atoms with Gasteiger partial charge in [-0.1, -0.05) is 0 Å². The third-order valence-corrected chi connectivity index (χ3v) is 3.03. The fraction of sp³-hybridized carbons (Fsp3) is 0.333. The lowest BCUT2D eigenvalue weighted by Gasteiger charge is -2.14. The molecule has 0 radical (unpaired) electrons. The summed E-state index contributed by atoms with van der Waals surface area (Å²) in [7, 11) is 1.65. The molecule has 0 fully saturated rings. The standard InChI is InChI=1S/C15H18O3/c1-9-7-12(8-10(2)15(9)17-4)14(16)13-6-5-11(3)18-13/h5-8,14,16H,1-4H3/t14-/m0/s1. The average Bonchev–Trinajstić information content (AvgIpc) is 2.74. The van der Waals surface area contributed by atoms with Gasteiger partial charge in [0.05, 0.1) is 7.11 Å². The molecule has 0 aliphatic heterocycles. The van der Waals surface area contributed by atoms with E-state index in [1.54, 1.807) is 13.2 Å². The lowest BCUT2D eigenvalue weighted by molar-refractivity contribution is 0.187. The summed E-state index contributed by atoms with van der Waals surface area (Å²) in [6.07, 6.45) is -0.734. The number of hydrogen-bond acceptors (Lipinski definition) is 3. The van der Waals surface area contributed by atoms with Gasteiger partial charge in [-0.25, -0.2) is 0 Å². The van der Waals surface area contributed by atoms with Gasteiger partial charge in [-0.15, -0.1) is 0 Å². The minimum Gasteiger partial charge on any atom is -0.496 e. The molecular weight excluding hydrogens is 228 g/mol.